The summed E-state index contributed by atoms with van der Waals surface area (Å²) in [7, 11) is 1.66. The summed E-state index contributed by atoms with van der Waals surface area (Å²) in [6.07, 6.45) is 0. The normalized spacial score (nSPS) is 13.0. The lowest BCUT2D eigenvalue weighted by Crippen LogP contribution is -2.34. The molecular weight excluding hydrogens is 324 g/mol. The average Bonchev–Trinajstić information content (AvgIpc) is 2.55. The largest absolute Gasteiger partial charge is 0.495 e. The predicted molar refractivity (Wildman–Crippen MR) is 95.8 cm³/mol. The van der Waals surface area contributed by atoms with Crippen LogP contribution in [-0.2, 0) is 10.0 Å². The highest BCUT2D eigenvalue weighted by molar-refractivity contribution is 7.89. The number of ether oxygens (including phenoxy) is 1. The first kappa shape index (κ1) is 18.4. The second-order valence-corrected chi connectivity index (χ2v) is 7.63. The van der Waals surface area contributed by atoms with Gasteiger partial charge in [0.15, 0.2) is 0 Å². The van der Waals surface area contributed by atoms with Gasteiger partial charge in [0.25, 0.3) is 0 Å². The van der Waals surface area contributed by atoms with E-state index in [0.717, 1.165) is 11.1 Å². The van der Waals surface area contributed by atoms with Crippen LogP contribution in [0.2, 0.25) is 0 Å². The summed E-state index contributed by atoms with van der Waals surface area (Å²) in [4.78, 5) is 2.15. The van der Waals surface area contributed by atoms with Crippen LogP contribution in [0, 0.1) is 6.92 Å². The molecule has 0 radical (unpaired) electrons. The van der Waals surface area contributed by atoms with Crippen LogP contribution in [0.1, 0.15) is 17.2 Å². The molecule has 0 aliphatic heterocycles. The Morgan fingerprint density at radius 3 is 2.38 bits per heavy atom. The van der Waals surface area contributed by atoms with Crippen LogP contribution in [0.3, 0.4) is 0 Å². The second-order valence-electron chi connectivity index (χ2n) is 5.90. The van der Waals surface area contributed by atoms with Crippen molar-refractivity contribution in [1.29, 1.82) is 0 Å². The number of nitrogens with zero attached hydrogens (tertiary/aromatic N) is 1. The Bertz CT molecular complexity index is 774. The summed E-state index contributed by atoms with van der Waals surface area (Å²) in [5, 5.41) is 0. The zero-order chi connectivity index (χ0) is 17.7. The van der Waals surface area contributed by atoms with E-state index in [2.05, 4.69) is 4.72 Å². The van der Waals surface area contributed by atoms with Gasteiger partial charge in [0.05, 0.1) is 7.11 Å². The number of nitrogens with one attached hydrogen (secondary N) is 1. The Morgan fingerprint density at radius 2 is 1.79 bits per heavy atom. The van der Waals surface area contributed by atoms with Crippen molar-refractivity contribution < 1.29 is 13.2 Å². The van der Waals surface area contributed by atoms with Crippen molar-refractivity contribution in [3.8, 4) is 5.75 Å². The van der Waals surface area contributed by atoms with Gasteiger partial charge in [-0.1, -0.05) is 36.4 Å². The van der Waals surface area contributed by atoms with E-state index in [0.29, 0.717) is 5.75 Å². The predicted octanol–water partition coefficient (Wildman–Crippen LogP) is 2.58. The van der Waals surface area contributed by atoms with Gasteiger partial charge in [0, 0.05) is 12.6 Å². The molecule has 0 spiro atoms. The van der Waals surface area contributed by atoms with Crippen molar-refractivity contribution in [2.45, 2.75) is 17.9 Å². The Balaban J connectivity index is 2.24. The van der Waals surface area contributed by atoms with Gasteiger partial charge >= 0.3 is 0 Å². The van der Waals surface area contributed by atoms with Crippen LogP contribution in [-0.4, -0.2) is 41.1 Å². The van der Waals surface area contributed by atoms with Gasteiger partial charge in [-0.25, -0.2) is 13.1 Å². The van der Waals surface area contributed by atoms with E-state index in [9.17, 15) is 8.42 Å². The summed E-state index contributed by atoms with van der Waals surface area (Å²) >= 11 is 0. The van der Waals surface area contributed by atoms with Gasteiger partial charge in [-0.3, -0.25) is 0 Å². The molecule has 2 aromatic carbocycles. The molecule has 2 aromatic rings. The van der Waals surface area contributed by atoms with Gasteiger partial charge < -0.3 is 9.64 Å². The van der Waals surface area contributed by atoms with Gasteiger partial charge in [0.2, 0.25) is 10.0 Å². The first-order valence-corrected chi connectivity index (χ1v) is 9.19. The maximum atomic E-state index is 12.7. The first-order valence-electron chi connectivity index (χ1n) is 7.71. The van der Waals surface area contributed by atoms with Crippen molar-refractivity contribution in [1.82, 2.24) is 9.62 Å². The summed E-state index contributed by atoms with van der Waals surface area (Å²) in [6.45, 7) is 2.13. The van der Waals surface area contributed by atoms with Gasteiger partial charge in [-0.2, -0.15) is 0 Å². The molecule has 0 aliphatic rings. The fourth-order valence-corrected chi connectivity index (χ4v) is 3.82. The Hall–Kier alpha value is -1.89. The van der Waals surface area contributed by atoms with Crippen LogP contribution < -0.4 is 9.46 Å². The van der Waals surface area contributed by atoms with E-state index in [1.54, 1.807) is 12.1 Å². The van der Waals surface area contributed by atoms with Crippen LogP contribution >= 0.6 is 0 Å². The smallest absolute Gasteiger partial charge is 0.244 e. The first-order chi connectivity index (χ1) is 11.3. The van der Waals surface area contributed by atoms with Crippen LogP contribution in [0.4, 0.5) is 0 Å². The van der Waals surface area contributed by atoms with E-state index in [1.165, 1.54) is 7.11 Å². The minimum Gasteiger partial charge on any atom is -0.495 e. The molecule has 0 amide bonds. The van der Waals surface area contributed by atoms with Crippen molar-refractivity contribution in [2.75, 3.05) is 27.7 Å². The summed E-state index contributed by atoms with van der Waals surface area (Å²) in [6, 6.07) is 14.9. The number of hydrogen-bond acceptors (Lipinski definition) is 4. The van der Waals surface area contributed by atoms with Crippen LogP contribution in [0.15, 0.2) is 53.4 Å². The highest BCUT2D eigenvalue weighted by Crippen LogP contribution is 2.25. The lowest BCUT2D eigenvalue weighted by atomic mass is 10.1. The third kappa shape index (κ3) is 4.35. The molecule has 1 N–H and O–H groups in total. The number of methoxy groups -OCH3 is 1. The summed E-state index contributed by atoms with van der Waals surface area (Å²) in [5.74, 6) is 0.342. The standard InChI is InChI=1S/C18H24N2O3S/c1-14-10-11-17(23-4)18(12-14)24(21,22)19-13-16(20(2)3)15-8-6-5-7-9-15/h5-12,16,19H,13H2,1-4H3. The lowest BCUT2D eigenvalue weighted by Gasteiger charge is -2.25. The molecule has 1 atom stereocenters. The third-order valence-electron chi connectivity index (χ3n) is 3.88. The maximum absolute atomic E-state index is 12.7. The second kappa shape index (κ2) is 7.79. The molecule has 130 valence electrons. The number of rotatable bonds is 7. The molecule has 6 heteroatoms. The van der Waals surface area contributed by atoms with Crippen molar-refractivity contribution in [3.63, 3.8) is 0 Å². The fraction of sp³-hybridized carbons (Fsp3) is 0.333. The van der Waals surface area contributed by atoms with Crippen molar-refractivity contribution >= 4 is 10.0 Å². The third-order valence-corrected chi connectivity index (χ3v) is 5.33. The van der Waals surface area contributed by atoms with Gasteiger partial charge in [0.1, 0.15) is 10.6 Å². The number of likely N-dealkylation sites (N-methyl/N-ethyl adjacent to an activating group) is 1. The molecule has 0 aromatic heterocycles. The molecule has 0 aliphatic carbocycles. The van der Waals surface area contributed by atoms with Crippen LogP contribution in [0.25, 0.3) is 0 Å². The van der Waals surface area contributed by atoms with Gasteiger partial charge in [-0.15, -0.1) is 0 Å². The number of benzene rings is 2. The fourth-order valence-electron chi connectivity index (χ4n) is 2.53. The molecule has 0 bridgehead atoms. The molecular formula is C18H24N2O3S. The Morgan fingerprint density at radius 1 is 1.12 bits per heavy atom. The minimum absolute atomic E-state index is 0.0585. The highest BCUT2D eigenvalue weighted by Gasteiger charge is 2.22. The number of hydrogen-bond donors (Lipinski definition) is 1. The molecule has 0 fully saturated rings. The zero-order valence-electron chi connectivity index (χ0n) is 14.5. The van der Waals surface area contributed by atoms with E-state index in [-0.39, 0.29) is 17.5 Å². The van der Waals surface area contributed by atoms with E-state index < -0.39 is 10.0 Å². The molecule has 1 unspecified atom stereocenters. The summed E-state index contributed by atoms with van der Waals surface area (Å²) in [5.41, 5.74) is 1.92. The monoisotopic (exact) mass is 348 g/mol. The minimum atomic E-state index is -3.66. The quantitative estimate of drug-likeness (QED) is 0.835. The van der Waals surface area contributed by atoms with Crippen LogP contribution in [0.5, 0.6) is 5.75 Å². The zero-order valence-corrected chi connectivity index (χ0v) is 15.3. The molecule has 24 heavy (non-hydrogen) atoms. The lowest BCUT2D eigenvalue weighted by molar-refractivity contribution is 0.299. The van der Waals surface area contributed by atoms with Gasteiger partial charge in [-0.05, 0) is 44.3 Å². The Kier molecular flexibility index (Phi) is 5.99. The maximum Gasteiger partial charge on any atom is 0.244 e. The van der Waals surface area contributed by atoms with Crippen molar-refractivity contribution in [2.24, 2.45) is 0 Å². The van der Waals surface area contributed by atoms with E-state index in [4.69, 9.17) is 4.74 Å². The molecule has 0 saturated heterocycles. The van der Waals surface area contributed by atoms with E-state index in [1.807, 2.05) is 62.3 Å². The topological polar surface area (TPSA) is 58.6 Å². The molecule has 0 saturated carbocycles. The molecule has 5 nitrogen and oxygen atoms in total. The Labute approximate surface area is 144 Å². The van der Waals surface area contributed by atoms with Crippen molar-refractivity contribution in [3.05, 3.63) is 59.7 Å². The highest BCUT2D eigenvalue weighted by atomic mass is 32.2. The number of sulfonamides is 1. The number of aryl methyl sites for hydroxylation is 1. The SMILES string of the molecule is COc1ccc(C)cc1S(=O)(=O)NCC(c1ccccc1)N(C)C. The molecule has 0 heterocycles. The average molecular weight is 348 g/mol. The summed E-state index contributed by atoms with van der Waals surface area (Å²) < 4.78 is 33.3. The van der Waals surface area contributed by atoms with E-state index >= 15 is 0 Å². The molecule has 2 rings (SSSR count).